The van der Waals surface area contributed by atoms with Crippen LogP contribution in [0.2, 0.25) is 5.02 Å². The van der Waals surface area contributed by atoms with Crippen molar-refractivity contribution in [3.8, 4) is 5.75 Å². The highest BCUT2D eigenvalue weighted by Crippen LogP contribution is 2.29. The highest BCUT2D eigenvalue weighted by molar-refractivity contribution is 6.35. The van der Waals surface area contributed by atoms with Crippen LogP contribution >= 0.6 is 11.6 Å². The van der Waals surface area contributed by atoms with Gasteiger partial charge in [0.25, 0.3) is 0 Å². The Bertz CT molecular complexity index is 598. The van der Waals surface area contributed by atoms with Gasteiger partial charge < -0.3 is 9.47 Å². The number of carbonyl (C=O) groups is 1. The third-order valence-electron chi connectivity index (χ3n) is 2.39. The number of halogens is 1. The number of nitrogens with zero attached hydrogens (tertiary/aromatic N) is 1. The maximum Gasteiger partial charge on any atom is 0.344 e. The Hall–Kier alpha value is -1.81. The number of hydrogen-bond acceptors (Lipinski definition) is 4. The SMILES string of the molecule is CC(C)OC(=O)COc1ccc(Cl)c2cccnc12. The van der Waals surface area contributed by atoms with E-state index in [-0.39, 0.29) is 12.7 Å². The number of carbonyl (C=O) groups excluding carboxylic acids is 1. The Morgan fingerprint density at radius 3 is 2.89 bits per heavy atom. The summed E-state index contributed by atoms with van der Waals surface area (Å²) in [6.45, 7) is 3.43. The lowest BCUT2D eigenvalue weighted by Crippen LogP contribution is -2.18. The van der Waals surface area contributed by atoms with Gasteiger partial charge in [-0.1, -0.05) is 11.6 Å². The van der Waals surface area contributed by atoms with Crippen LogP contribution in [0.15, 0.2) is 30.5 Å². The average Bonchev–Trinajstić information content (AvgIpc) is 2.37. The van der Waals surface area contributed by atoms with Gasteiger partial charge in [-0.05, 0) is 38.1 Å². The minimum absolute atomic E-state index is 0.147. The third-order valence-corrected chi connectivity index (χ3v) is 2.72. The molecule has 0 bridgehead atoms. The van der Waals surface area contributed by atoms with E-state index >= 15 is 0 Å². The molecular formula is C14H14ClNO3. The van der Waals surface area contributed by atoms with E-state index in [0.29, 0.717) is 16.3 Å². The number of aromatic nitrogens is 1. The highest BCUT2D eigenvalue weighted by atomic mass is 35.5. The van der Waals surface area contributed by atoms with Gasteiger partial charge in [0.05, 0.1) is 11.1 Å². The van der Waals surface area contributed by atoms with E-state index < -0.39 is 5.97 Å². The molecule has 0 amide bonds. The molecule has 2 rings (SSSR count). The van der Waals surface area contributed by atoms with Crippen LogP contribution < -0.4 is 4.74 Å². The van der Waals surface area contributed by atoms with E-state index in [0.717, 1.165) is 5.39 Å². The molecule has 0 saturated heterocycles. The van der Waals surface area contributed by atoms with Gasteiger partial charge in [0.15, 0.2) is 6.61 Å². The zero-order chi connectivity index (χ0) is 13.8. The summed E-state index contributed by atoms with van der Waals surface area (Å²) in [6.07, 6.45) is 1.49. The first-order valence-corrected chi connectivity index (χ1v) is 6.31. The summed E-state index contributed by atoms with van der Waals surface area (Å²) < 4.78 is 10.4. The third kappa shape index (κ3) is 3.35. The molecule has 0 aliphatic rings. The molecule has 0 unspecified atom stereocenters. The van der Waals surface area contributed by atoms with Crippen molar-refractivity contribution in [2.45, 2.75) is 20.0 Å². The minimum atomic E-state index is -0.408. The minimum Gasteiger partial charge on any atom is -0.480 e. The van der Waals surface area contributed by atoms with Crippen LogP contribution in [0.5, 0.6) is 5.75 Å². The molecule has 0 aliphatic carbocycles. The Morgan fingerprint density at radius 1 is 1.37 bits per heavy atom. The van der Waals surface area contributed by atoms with Crippen molar-refractivity contribution in [3.63, 3.8) is 0 Å². The van der Waals surface area contributed by atoms with Gasteiger partial charge in [-0.25, -0.2) is 4.79 Å². The molecule has 100 valence electrons. The highest BCUT2D eigenvalue weighted by Gasteiger charge is 2.10. The van der Waals surface area contributed by atoms with Crippen LogP contribution in [0, 0.1) is 0 Å². The maximum absolute atomic E-state index is 11.4. The Morgan fingerprint density at radius 2 is 2.16 bits per heavy atom. The lowest BCUT2D eigenvalue weighted by molar-refractivity contribution is -0.149. The Labute approximate surface area is 116 Å². The zero-order valence-corrected chi connectivity index (χ0v) is 11.5. The monoisotopic (exact) mass is 279 g/mol. The molecule has 4 nitrogen and oxygen atoms in total. The van der Waals surface area contributed by atoms with E-state index in [1.54, 1.807) is 38.2 Å². The quantitative estimate of drug-likeness (QED) is 0.806. The maximum atomic E-state index is 11.4. The standard InChI is InChI=1S/C14H14ClNO3/c1-9(2)19-13(17)8-18-12-6-5-11(15)10-4-3-7-16-14(10)12/h3-7,9H,8H2,1-2H3. The van der Waals surface area contributed by atoms with Crippen molar-refractivity contribution in [3.05, 3.63) is 35.5 Å². The Balaban J connectivity index is 2.17. The van der Waals surface area contributed by atoms with Gasteiger partial charge >= 0.3 is 5.97 Å². The number of rotatable bonds is 4. The molecule has 0 fully saturated rings. The predicted molar refractivity (Wildman–Crippen MR) is 73.5 cm³/mol. The molecule has 0 radical (unpaired) electrons. The van der Waals surface area contributed by atoms with E-state index in [1.807, 2.05) is 6.07 Å². The molecule has 19 heavy (non-hydrogen) atoms. The second-order valence-corrected chi connectivity index (χ2v) is 4.68. The number of fused-ring (bicyclic) bond motifs is 1. The second kappa shape index (κ2) is 5.89. The first-order chi connectivity index (χ1) is 9.08. The average molecular weight is 280 g/mol. The van der Waals surface area contributed by atoms with Gasteiger partial charge in [0.1, 0.15) is 11.3 Å². The summed E-state index contributed by atoms with van der Waals surface area (Å²) in [4.78, 5) is 15.7. The molecule has 0 atom stereocenters. The number of pyridine rings is 1. The van der Waals surface area contributed by atoms with E-state index in [2.05, 4.69) is 4.98 Å². The molecule has 0 aliphatic heterocycles. The first-order valence-electron chi connectivity index (χ1n) is 5.93. The van der Waals surface area contributed by atoms with Crippen molar-refractivity contribution in [2.24, 2.45) is 0 Å². The predicted octanol–water partition coefficient (Wildman–Crippen LogP) is 3.22. The van der Waals surface area contributed by atoms with Gasteiger partial charge in [0.2, 0.25) is 0 Å². The van der Waals surface area contributed by atoms with Crippen LogP contribution in [0.4, 0.5) is 0 Å². The fourth-order valence-electron chi connectivity index (χ4n) is 1.66. The number of hydrogen-bond donors (Lipinski definition) is 0. The normalized spacial score (nSPS) is 10.7. The van der Waals surface area contributed by atoms with E-state index in [1.165, 1.54) is 0 Å². The van der Waals surface area contributed by atoms with Crippen LogP contribution in [0.25, 0.3) is 10.9 Å². The van der Waals surface area contributed by atoms with Crippen molar-refractivity contribution in [1.82, 2.24) is 4.98 Å². The fourth-order valence-corrected chi connectivity index (χ4v) is 1.88. The zero-order valence-electron chi connectivity index (χ0n) is 10.7. The van der Waals surface area contributed by atoms with Gasteiger partial charge in [0, 0.05) is 11.6 Å². The number of esters is 1. The van der Waals surface area contributed by atoms with E-state index in [4.69, 9.17) is 21.1 Å². The van der Waals surface area contributed by atoms with Crippen LogP contribution in [-0.4, -0.2) is 23.7 Å². The van der Waals surface area contributed by atoms with Crippen molar-refractivity contribution >= 4 is 28.5 Å². The fraction of sp³-hybridized carbons (Fsp3) is 0.286. The van der Waals surface area contributed by atoms with Crippen LogP contribution in [0.1, 0.15) is 13.8 Å². The van der Waals surface area contributed by atoms with Crippen LogP contribution in [-0.2, 0) is 9.53 Å². The van der Waals surface area contributed by atoms with Crippen molar-refractivity contribution < 1.29 is 14.3 Å². The topological polar surface area (TPSA) is 48.4 Å². The lowest BCUT2D eigenvalue weighted by atomic mass is 10.2. The summed E-state index contributed by atoms with van der Waals surface area (Å²) in [5, 5.41) is 1.39. The molecule has 1 aromatic heterocycles. The molecular weight excluding hydrogens is 266 g/mol. The van der Waals surface area contributed by atoms with Gasteiger partial charge in [-0.15, -0.1) is 0 Å². The summed E-state index contributed by atoms with van der Waals surface area (Å²) in [6, 6.07) is 7.06. The van der Waals surface area contributed by atoms with Crippen molar-refractivity contribution in [2.75, 3.05) is 6.61 Å². The number of ether oxygens (including phenoxy) is 2. The van der Waals surface area contributed by atoms with Crippen LogP contribution in [0.3, 0.4) is 0 Å². The van der Waals surface area contributed by atoms with Gasteiger partial charge in [-0.3, -0.25) is 4.98 Å². The van der Waals surface area contributed by atoms with Crippen molar-refractivity contribution in [1.29, 1.82) is 0 Å². The Kier molecular flexibility index (Phi) is 4.22. The van der Waals surface area contributed by atoms with E-state index in [9.17, 15) is 4.79 Å². The molecule has 0 spiro atoms. The van der Waals surface area contributed by atoms with Gasteiger partial charge in [-0.2, -0.15) is 0 Å². The molecule has 1 heterocycles. The smallest absolute Gasteiger partial charge is 0.344 e. The second-order valence-electron chi connectivity index (χ2n) is 4.27. The molecule has 0 saturated carbocycles. The molecule has 1 aromatic carbocycles. The lowest BCUT2D eigenvalue weighted by Gasteiger charge is -2.11. The largest absolute Gasteiger partial charge is 0.480 e. The summed E-state index contributed by atoms with van der Waals surface area (Å²) in [5.41, 5.74) is 0.632. The summed E-state index contributed by atoms with van der Waals surface area (Å²) in [5.74, 6) is 0.106. The number of benzene rings is 1. The first kappa shape index (κ1) is 13.6. The molecule has 2 aromatic rings. The summed E-state index contributed by atoms with van der Waals surface area (Å²) in [7, 11) is 0. The summed E-state index contributed by atoms with van der Waals surface area (Å²) >= 11 is 6.07. The molecule has 0 N–H and O–H groups in total. The molecule has 5 heteroatoms.